The molecule has 9 rings (SSSR count). The monoisotopic (exact) mass is 863 g/mol. The summed E-state index contributed by atoms with van der Waals surface area (Å²) in [7, 11) is 0. The summed E-state index contributed by atoms with van der Waals surface area (Å²) >= 11 is 0. The Bertz CT molecular complexity index is 2130. The van der Waals surface area contributed by atoms with Crippen molar-refractivity contribution in [2.45, 2.75) is 114 Å². The van der Waals surface area contributed by atoms with Crippen LogP contribution in [0.2, 0.25) is 0 Å². The Hall–Kier alpha value is -6.24. The summed E-state index contributed by atoms with van der Waals surface area (Å²) in [6.07, 6.45) is 1.03. The van der Waals surface area contributed by atoms with Gasteiger partial charge in [-0.15, -0.1) is 0 Å². The molecule has 0 atom stereocenters. The smallest absolute Gasteiger partial charge is 0.0683 e. The molecule has 1 aliphatic rings. The van der Waals surface area contributed by atoms with Crippen molar-refractivity contribution in [1.82, 2.24) is 0 Å². The van der Waals surface area contributed by atoms with Gasteiger partial charge in [0.25, 0.3) is 0 Å². The summed E-state index contributed by atoms with van der Waals surface area (Å²) in [6.45, 7) is 28.5. The molecule has 0 aromatic heterocycles. The molecule has 0 bridgehead atoms. The van der Waals surface area contributed by atoms with E-state index >= 15 is 0 Å². The van der Waals surface area contributed by atoms with E-state index in [2.05, 4.69) is 244 Å². The van der Waals surface area contributed by atoms with E-state index in [1.807, 2.05) is 83.1 Å². The third kappa shape index (κ3) is 15.5. The molecule has 0 heterocycles. The minimum Gasteiger partial charge on any atom is -0.0683 e. The number of rotatable bonds is 6. The zero-order chi connectivity index (χ0) is 48.4. The van der Waals surface area contributed by atoms with Crippen LogP contribution < -0.4 is 0 Å². The van der Waals surface area contributed by atoms with E-state index < -0.39 is 0 Å². The van der Waals surface area contributed by atoms with Crippen LogP contribution in [0.3, 0.4) is 0 Å². The van der Waals surface area contributed by atoms with Crippen LogP contribution in [0.5, 0.6) is 0 Å². The van der Waals surface area contributed by atoms with E-state index in [-0.39, 0.29) is 10.8 Å². The molecule has 0 radical (unpaired) electrons. The molecule has 0 spiro atoms. The van der Waals surface area contributed by atoms with Crippen molar-refractivity contribution in [2.24, 2.45) is 0 Å². The van der Waals surface area contributed by atoms with E-state index in [9.17, 15) is 0 Å². The van der Waals surface area contributed by atoms with Crippen molar-refractivity contribution < 1.29 is 0 Å². The van der Waals surface area contributed by atoms with Crippen molar-refractivity contribution in [1.29, 1.82) is 0 Å². The summed E-state index contributed by atoms with van der Waals surface area (Å²) in [6, 6.07) is 81.8. The van der Waals surface area contributed by atoms with E-state index in [4.69, 9.17) is 0 Å². The van der Waals surface area contributed by atoms with Crippen molar-refractivity contribution in [3.63, 3.8) is 0 Å². The Morgan fingerprint density at radius 3 is 0.800 bits per heavy atom. The number of fused-ring (bicyclic) bond motifs is 3. The lowest BCUT2D eigenvalue weighted by atomic mass is 9.68. The number of benzene rings is 8. The molecule has 65 heavy (non-hydrogen) atoms. The summed E-state index contributed by atoms with van der Waals surface area (Å²) in [5.41, 5.74) is 13.3. The summed E-state index contributed by atoms with van der Waals surface area (Å²) in [5.74, 6) is 0. The Balaban J connectivity index is 0.000000458. The topological polar surface area (TPSA) is 0 Å². The maximum atomic E-state index is 2.29. The minimum atomic E-state index is -0.254. The van der Waals surface area contributed by atoms with Crippen molar-refractivity contribution in [3.05, 3.63) is 275 Å². The van der Waals surface area contributed by atoms with Crippen LogP contribution in [0.1, 0.15) is 141 Å². The van der Waals surface area contributed by atoms with Crippen LogP contribution in [0.25, 0.3) is 11.1 Å². The summed E-state index contributed by atoms with van der Waals surface area (Å²) < 4.78 is 0. The first-order valence-electron chi connectivity index (χ1n) is 24.6. The second-order valence-electron chi connectivity index (χ2n) is 14.1. The molecule has 0 saturated heterocycles. The predicted molar refractivity (Wildman–Crippen MR) is 293 cm³/mol. The van der Waals surface area contributed by atoms with Gasteiger partial charge in [-0.2, -0.15) is 0 Å². The van der Waals surface area contributed by atoms with Crippen molar-refractivity contribution >= 4 is 0 Å². The van der Waals surface area contributed by atoms with Crippen LogP contribution >= 0.6 is 0 Å². The Morgan fingerprint density at radius 1 is 0.277 bits per heavy atom. The Kier molecular flexibility index (Phi) is 29.1. The summed E-state index contributed by atoms with van der Waals surface area (Å²) in [4.78, 5) is 0. The molecule has 0 heteroatoms. The highest BCUT2D eigenvalue weighted by molar-refractivity contribution is 5.86. The predicted octanol–water partition coefficient (Wildman–Crippen LogP) is 19.5. The Morgan fingerprint density at radius 2 is 0.508 bits per heavy atom. The molecule has 8 aromatic carbocycles. The fourth-order valence-corrected chi connectivity index (χ4v) is 7.70. The quantitative estimate of drug-likeness (QED) is 0.156. The van der Waals surface area contributed by atoms with Gasteiger partial charge in [0.1, 0.15) is 0 Å². The molecule has 0 nitrogen and oxygen atoms in total. The standard InChI is InChI=1S/C25H18.C15H16.C13H12.6C2H6/c1-3-11-19(12-4-1)25(20-13-5-2-6-14-20)23-17-9-7-15-21(23)22-16-8-10-18-24(22)25;1-15(2,13-9-5-3-6-10-13)14-11-7-4-8-12-14;1-3-7-12(8-4-1)11-13-9-5-2-6-10-13;6*1-2/h1-18H;3-12H,1-2H3;1-10H,11H2;6*1-2H3. The van der Waals surface area contributed by atoms with Gasteiger partial charge in [0.15, 0.2) is 0 Å². The largest absolute Gasteiger partial charge is 0.0713 e. The fraction of sp³-hybridized carbons (Fsp3) is 0.262. The van der Waals surface area contributed by atoms with Gasteiger partial charge in [-0.05, 0) is 62.1 Å². The Labute approximate surface area is 398 Å². The third-order valence-corrected chi connectivity index (χ3v) is 10.5. The van der Waals surface area contributed by atoms with Gasteiger partial charge in [-0.1, -0.05) is 327 Å². The SMILES string of the molecule is CC.CC.CC.CC.CC.CC.CC(C)(c1ccccc1)c1ccccc1.c1ccc(C2(c3ccccc3)c3ccccc3-c3ccccc32)cc1.c1ccc(Cc2ccccc2)cc1. The molecule has 0 N–H and O–H groups in total. The van der Waals surface area contributed by atoms with Gasteiger partial charge >= 0.3 is 0 Å². The highest BCUT2D eigenvalue weighted by Crippen LogP contribution is 2.55. The van der Waals surface area contributed by atoms with E-state index in [1.165, 1.54) is 55.6 Å². The molecule has 0 saturated carbocycles. The third-order valence-electron chi connectivity index (χ3n) is 10.5. The van der Waals surface area contributed by atoms with Gasteiger partial charge in [-0.25, -0.2) is 0 Å². The molecule has 0 unspecified atom stereocenters. The highest BCUT2D eigenvalue weighted by Gasteiger charge is 2.45. The molecule has 0 fully saturated rings. The second kappa shape index (κ2) is 33.3. The minimum absolute atomic E-state index is 0.0858. The molecular formula is C65H82. The van der Waals surface area contributed by atoms with Crippen LogP contribution in [0.4, 0.5) is 0 Å². The molecule has 342 valence electrons. The maximum absolute atomic E-state index is 2.29. The van der Waals surface area contributed by atoms with Gasteiger partial charge in [0.2, 0.25) is 0 Å². The van der Waals surface area contributed by atoms with Crippen molar-refractivity contribution in [3.8, 4) is 11.1 Å². The second-order valence-corrected chi connectivity index (χ2v) is 14.1. The average Bonchev–Trinajstić information content (AvgIpc) is 3.73. The first kappa shape index (κ1) is 56.8. The van der Waals surface area contributed by atoms with E-state index in [0.29, 0.717) is 0 Å². The van der Waals surface area contributed by atoms with Crippen LogP contribution in [-0.4, -0.2) is 0 Å². The molecule has 0 amide bonds. The zero-order valence-corrected chi connectivity index (χ0v) is 42.6. The lowest BCUT2D eigenvalue weighted by molar-refractivity contribution is 0.641. The van der Waals surface area contributed by atoms with Crippen molar-refractivity contribution in [2.75, 3.05) is 0 Å². The normalized spacial score (nSPS) is 10.5. The first-order chi connectivity index (χ1) is 32.1. The average molecular weight is 863 g/mol. The zero-order valence-electron chi connectivity index (χ0n) is 42.6. The lowest BCUT2D eigenvalue weighted by Gasteiger charge is -2.33. The van der Waals surface area contributed by atoms with Crippen LogP contribution in [-0.2, 0) is 17.3 Å². The number of hydrogen-bond donors (Lipinski definition) is 0. The van der Waals surface area contributed by atoms with Gasteiger partial charge in [-0.3, -0.25) is 0 Å². The van der Waals surface area contributed by atoms with Gasteiger partial charge < -0.3 is 0 Å². The highest BCUT2D eigenvalue weighted by atomic mass is 14.5. The van der Waals surface area contributed by atoms with E-state index in [0.717, 1.165) is 6.42 Å². The number of hydrogen-bond acceptors (Lipinski definition) is 0. The molecular weight excluding hydrogens is 781 g/mol. The maximum Gasteiger partial charge on any atom is 0.0713 e. The first-order valence-corrected chi connectivity index (χ1v) is 24.6. The summed E-state index contributed by atoms with van der Waals surface area (Å²) in [5, 5.41) is 0. The van der Waals surface area contributed by atoms with Crippen LogP contribution in [0, 0.1) is 0 Å². The van der Waals surface area contributed by atoms with Gasteiger partial charge in [0.05, 0.1) is 5.41 Å². The molecule has 0 aliphatic heterocycles. The molecule has 1 aliphatic carbocycles. The molecule has 8 aromatic rings. The van der Waals surface area contributed by atoms with Gasteiger partial charge in [0, 0.05) is 5.41 Å². The van der Waals surface area contributed by atoms with E-state index in [1.54, 1.807) is 0 Å². The van der Waals surface area contributed by atoms with Crippen LogP contribution in [0.15, 0.2) is 231 Å². The fourth-order valence-electron chi connectivity index (χ4n) is 7.70. The lowest BCUT2D eigenvalue weighted by Crippen LogP contribution is -2.28.